The van der Waals surface area contributed by atoms with Gasteiger partial charge in [0.2, 0.25) is 11.8 Å². The van der Waals surface area contributed by atoms with Crippen LogP contribution >= 0.6 is 11.8 Å². The summed E-state index contributed by atoms with van der Waals surface area (Å²) >= 11 is 1.62. The third kappa shape index (κ3) is 3.49. The normalized spacial score (nSPS) is 31.2. The number of nitrogens with one attached hydrogen (secondary N) is 1. The predicted molar refractivity (Wildman–Crippen MR) is 88.9 cm³/mol. The third-order valence-electron chi connectivity index (χ3n) is 4.91. The molecule has 23 heavy (non-hydrogen) atoms. The Kier molecular flexibility index (Phi) is 5.28. The molecule has 0 aromatic rings. The molecule has 6 nitrogen and oxygen atoms in total. The molecule has 2 amide bonds. The van der Waals surface area contributed by atoms with Crippen LogP contribution in [0.4, 0.5) is 0 Å². The number of carboxylic acid groups (broad SMARTS) is 1. The lowest BCUT2D eigenvalue weighted by Crippen LogP contribution is -2.54. The molecule has 2 N–H and O–H groups in total. The molecule has 7 heteroatoms. The second-order valence-electron chi connectivity index (χ2n) is 7.16. The maximum absolute atomic E-state index is 12.9. The van der Waals surface area contributed by atoms with Crippen LogP contribution in [0.5, 0.6) is 0 Å². The molecule has 2 aliphatic rings. The Hall–Kier alpha value is -1.24. The number of amides is 2. The van der Waals surface area contributed by atoms with Gasteiger partial charge in [0.05, 0.1) is 5.37 Å². The molecule has 2 saturated heterocycles. The summed E-state index contributed by atoms with van der Waals surface area (Å²) in [5.41, 5.74) is -0.470. The van der Waals surface area contributed by atoms with Crippen LogP contribution in [-0.2, 0) is 14.4 Å². The highest BCUT2D eigenvalue weighted by Crippen LogP contribution is 2.46. The number of rotatable bonds is 4. The standard InChI is InChI=1S/C16H26N2O4S/c1-5-9(2)13(19)17-10-6-7-23-11-8-16(3,4)12(15(21)22)18(11)14(10)20/h9-12H,5-8H2,1-4H3,(H,17,19)(H,21,22)/t9-,10+,11+,12-/m1/s1. The maximum Gasteiger partial charge on any atom is 0.327 e. The summed E-state index contributed by atoms with van der Waals surface area (Å²) in [6.45, 7) is 7.53. The van der Waals surface area contributed by atoms with Gasteiger partial charge in [-0.2, -0.15) is 0 Å². The molecule has 130 valence electrons. The number of thioether (sulfide) groups is 1. The van der Waals surface area contributed by atoms with Crippen LogP contribution in [0.1, 0.15) is 47.0 Å². The van der Waals surface area contributed by atoms with Gasteiger partial charge in [0.15, 0.2) is 0 Å². The molecule has 2 heterocycles. The third-order valence-corrected chi connectivity index (χ3v) is 6.16. The van der Waals surface area contributed by atoms with E-state index in [0.29, 0.717) is 19.3 Å². The zero-order valence-corrected chi connectivity index (χ0v) is 15.0. The number of aliphatic carboxylic acids is 1. The summed E-state index contributed by atoms with van der Waals surface area (Å²) in [6.07, 6.45) is 1.91. The summed E-state index contributed by atoms with van der Waals surface area (Å²) in [6, 6.07) is -1.46. The van der Waals surface area contributed by atoms with Gasteiger partial charge < -0.3 is 15.3 Å². The van der Waals surface area contributed by atoms with Crippen molar-refractivity contribution in [3.63, 3.8) is 0 Å². The first-order valence-electron chi connectivity index (χ1n) is 8.16. The summed E-state index contributed by atoms with van der Waals surface area (Å²) in [7, 11) is 0. The molecular weight excluding hydrogens is 316 g/mol. The number of carboxylic acids is 1. The highest BCUT2D eigenvalue weighted by atomic mass is 32.2. The van der Waals surface area contributed by atoms with Crippen molar-refractivity contribution in [3.8, 4) is 0 Å². The molecule has 0 aliphatic carbocycles. The SMILES string of the molecule is CC[C@@H](C)C(=O)N[C@H]1CCS[C@H]2CC(C)(C)[C@@H](C(=O)O)N2C1=O. The number of carbonyl (C=O) groups excluding carboxylic acids is 2. The van der Waals surface area contributed by atoms with E-state index in [4.69, 9.17) is 0 Å². The zero-order chi connectivity index (χ0) is 17.4. The van der Waals surface area contributed by atoms with Crippen LogP contribution in [0.15, 0.2) is 0 Å². The Bertz CT molecular complexity index is 508. The molecule has 0 radical (unpaired) electrons. The Morgan fingerprint density at radius 1 is 1.48 bits per heavy atom. The van der Waals surface area contributed by atoms with E-state index in [1.807, 2.05) is 27.7 Å². The Morgan fingerprint density at radius 2 is 2.13 bits per heavy atom. The first-order valence-corrected chi connectivity index (χ1v) is 9.21. The van der Waals surface area contributed by atoms with Gasteiger partial charge in [-0.25, -0.2) is 4.79 Å². The number of hydrogen-bond acceptors (Lipinski definition) is 4. The van der Waals surface area contributed by atoms with Crippen molar-refractivity contribution in [1.82, 2.24) is 10.2 Å². The van der Waals surface area contributed by atoms with Crippen molar-refractivity contribution in [2.75, 3.05) is 5.75 Å². The molecule has 4 atom stereocenters. The Morgan fingerprint density at radius 3 is 2.70 bits per heavy atom. The molecule has 2 fully saturated rings. The lowest BCUT2D eigenvalue weighted by Gasteiger charge is -2.32. The van der Waals surface area contributed by atoms with E-state index in [1.165, 1.54) is 4.90 Å². The predicted octanol–water partition coefficient (Wildman–Crippen LogP) is 1.69. The van der Waals surface area contributed by atoms with Crippen molar-refractivity contribution in [2.45, 2.75) is 64.4 Å². The van der Waals surface area contributed by atoms with Crippen LogP contribution in [0.25, 0.3) is 0 Å². The fourth-order valence-electron chi connectivity index (χ4n) is 3.32. The maximum atomic E-state index is 12.9. The summed E-state index contributed by atoms with van der Waals surface area (Å²) in [4.78, 5) is 38.3. The minimum atomic E-state index is -0.972. The van der Waals surface area contributed by atoms with Crippen molar-refractivity contribution in [1.29, 1.82) is 0 Å². The topological polar surface area (TPSA) is 86.7 Å². The largest absolute Gasteiger partial charge is 0.480 e. The average molecular weight is 342 g/mol. The fraction of sp³-hybridized carbons (Fsp3) is 0.812. The fourth-order valence-corrected chi connectivity index (χ4v) is 4.90. The van der Waals surface area contributed by atoms with E-state index < -0.39 is 23.5 Å². The van der Waals surface area contributed by atoms with Gasteiger partial charge in [-0.05, 0) is 30.4 Å². The van der Waals surface area contributed by atoms with Crippen LogP contribution < -0.4 is 5.32 Å². The monoisotopic (exact) mass is 342 g/mol. The second-order valence-corrected chi connectivity index (χ2v) is 8.45. The highest BCUT2D eigenvalue weighted by Gasteiger charge is 2.54. The van der Waals surface area contributed by atoms with Crippen molar-refractivity contribution >= 4 is 29.5 Å². The van der Waals surface area contributed by atoms with Crippen molar-refractivity contribution in [3.05, 3.63) is 0 Å². The summed E-state index contributed by atoms with van der Waals surface area (Å²) in [5, 5.41) is 12.3. The molecule has 0 aromatic heterocycles. The van der Waals surface area contributed by atoms with Crippen LogP contribution in [-0.4, -0.2) is 51.0 Å². The number of nitrogens with zero attached hydrogens (tertiary/aromatic N) is 1. The van der Waals surface area contributed by atoms with E-state index in [-0.39, 0.29) is 23.1 Å². The van der Waals surface area contributed by atoms with Crippen LogP contribution in [0.2, 0.25) is 0 Å². The highest BCUT2D eigenvalue weighted by molar-refractivity contribution is 7.99. The zero-order valence-electron chi connectivity index (χ0n) is 14.2. The number of carbonyl (C=O) groups is 3. The molecule has 0 unspecified atom stereocenters. The summed E-state index contributed by atoms with van der Waals surface area (Å²) < 4.78 is 0. The first-order chi connectivity index (χ1) is 10.7. The Labute approximate surface area is 141 Å². The molecule has 2 rings (SSSR count). The minimum Gasteiger partial charge on any atom is -0.480 e. The van der Waals surface area contributed by atoms with Crippen LogP contribution in [0, 0.1) is 11.3 Å². The Balaban J connectivity index is 2.23. The molecular formula is C16H26N2O4S. The van der Waals surface area contributed by atoms with Crippen molar-refractivity contribution in [2.24, 2.45) is 11.3 Å². The van der Waals surface area contributed by atoms with E-state index in [0.717, 1.165) is 5.75 Å². The first kappa shape index (κ1) is 18.1. The van der Waals surface area contributed by atoms with Crippen molar-refractivity contribution < 1.29 is 19.5 Å². The second kappa shape index (κ2) is 6.71. The lowest BCUT2D eigenvalue weighted by atomic mass is 9.84. The van der Waals surface area contributed by atoms with Gasteiger partial charge in [0, 0.05) is 5.92 Å². The van der Waals surface area contributed by atoms with Gasteiger partial charge >= 0.3 is 5.97 Å². The summed E-state index contributed by atoms with van der Waals surface area (Å²) in [5.74, 6) is -0.782. The van der Waals surface area contributed by atoms with Gasteiger partial charge in [0.25, 0.3) is 0 Å². The van der Waals surface area contributed by atoms with Gasteiger partial charge in [0.1, 0.15) is 12.1 Å². The van der Waals surface area contributed by atoms with E-state index in [1.54, 1.807) is 11.8 Å². The average Bonchev–Trinajstić information content (AvgIpc) is 2.66. The van der Waals surface area contributed by atoms with E-state index in [2.05, 4.69) is 5.32 Å². The molecule has 0 spiro atoms. The van der Waals surface area contributed by atoms with E-state index >= 15 is 0 Å². The number of hydrogen-bond donors (Lipinski definition) is 2. The van der Waals surface area contributed by atoms with E-state index in [9.17, 15) is 19.5 Å². The van der Waals surface area contributed by atoms with Gasteiger partial charge in [-0.1, -0.05) is 27.7 Å². The van der Waals surface area contributed by atoms with Crippen LogP contribution in [0.3, 0.4) is 0 Å². The molecule has 0 bridgehead atoms. The molecule has 0 saturated carbocycles. The number of fused-ring (bicyclic) bond motifs is 1. The lowest BCUT2D eigenvalue weighted by molar-refractivity contribution is -0.152. The quantitative estimate of drug-likeness (QED) is 0.812. The molecule has 2 aliphatic heterocycles. The van der Waals surface area contributed by atoms with Gasteiger partial charge in [-0.3, -0.25) is 9.59 Å². The molecule has 0 aromatic carbocycles. The van der Waals surface area contributed by atoms with Gasteiger partial charge in [-0.15, -0.1) is 11.8 Å². The minimum absolute atomic E-state index is 0.121. The smallest absolute Gasteiger partial charge is 0.327 e.